The van der Waals surface area contributed by atoms with Crippen LogP contribution in [0.1, 0.15) is 57.7 Å². The zero-order valence-electron chi connectivity index (χ0n) is 12.4. The van der Waals surface area contributed by atoms with E-state index in [-0.39, 0.29) is 11.2 Å². The van der Waals surface area contributed by atoms with Gasteiger partial charge in [0.05, 0.1) is 11.2 Å². The van der Waals surface area contributed by atoms with Gasteiger partial charge >= 0.3 is 7.12 Å². The molecule has 104 valence electrons. The van der Waals surface area contributed by atoms with Gasteiger partial charge in [-0.05, 0) is 58.1 Å². The Morgan fingerprint density at radius 1 is 1.25 bits per heavy atom. The van der Waals surface area contributed by atoms with Crippen LogP contribution in [0, 0.1) is 11.3 Å². The molecule has 0 atom stereocenters. The monoisotopic (exact) mass is 270 g/mol. The Morgan fingerprint density at radius 3 is 2.35 bits per heavy atom. The smallest absolute Gasteiger partial charge is 0.399 e. The van der Waals surface area contributed by atoms with Crippen LogP contribution in [0.4, 0.5) is 0 Å². The molecule has 2 fully saturated rings. The number of nitrogens with zero attached hydrogens (tertiary/aromatic N) is 2. The second kappa shape index (κ2) is 4.31. The van der Waals surface area contributed by atoms with Gasteiger partial charge in [-0.25, -0.2) is 4.98 Å². The van der Waals surface area contributed by atoms with E-state index < -0.39 is 7.12 Å². The Labute approximate surface area is 120 Å². The molecule has 2 aliphatic rings. The van der Waals surface area contributed by atoms with Gasteiger partial charge in [0.25, 0.3) is 0 Å². The molecule has 0 spiro atoms. The molecular formula is C15H19BN2O2. The summed E-state index contributed by atoms with van der Waals surface area (Å²) in [5.74, 6) is 0.527. The first kappa shape index (κ1) is 13.6. The molecule has 1 saturated carbocycles. The number of aromatic nitrogens is 1. The average Bonchev–Trinajstić information content (AvgIpc) is 3.17. The summed E-state index contributed by atoms with van der Waals surface area (Å²) in [7, 11) is -0.393. The predicted octanol–water partition coefficient (Wildman–Crippen LogP) is 2.13. The molecule has 0 unspecified atom stereocenters. The highest BCUT2D eigenvalue weighted by Gasteiger charge is 2.52. The lowest BCUT2D eigenvalue weighted by molar-refractivity contribution is 0.00578. The molecule has 0 radical (unpaired) electrons. The first-order valence-corrected chi connectivity index (χ1v) is 7.09. The molecule has 0 amide bonds. The second-order valence-corrected chi connectivity index (χ2v) is 6.67. The Morgan fingerprint density at radius 2 is 1.85 bits per heavy atom. The van der Waals surface area contributed by atoms with Crippen molar-refractivity contribution in [3.63, 3.8) is 0 Å². The molecule has 20 heavy (non-hydrogen) atoms. The molecule has 1 saturated heterocycles. The molecule has 5 heteroatoms. The summed E-state index contributed by atoms with van der Waals surface area (Å²) in [6.07, 6.45) is 4.08. The molecule has 1 aliphatic heterocycles. The van der Waals surface area contributed by atoms with Crippen LogP contribution in [0.25, 0.3) is 0 Å². The zero-order valence-corrected chi connectivity index (χ0v) is 12.4. The molecule has 0 bridgehead atoms. The van der Waals surface area contributed by atoms with Crippen molar-refractivity contribution in [1.82, 2.24) is 4.98 Å². The highest BCUT2D eigenvalue weighted by Crippen LogP contribution is 2.41. The maximum atomic E-state index is 9.01. The van der Waals surface area contributed by atoms with Gasteiger partial charge in [-0.1, -0.05) is 0 Å². The minimum atomic E-state index is -0.393. The molecule has 1 aromatic heterocycles. The Hall–Kier alpha value is -1.38. The third-order valence-corrected chi connectivity index (χ3v) is 4.61. The average molecular weight is 270 g/mol. The first-order valence-electron chi connectivity index (χ1n) is 7.09. The van der Waals surface area contributed by atoms with Crippen LogP contribution < -0.4 is 5.46 Å². The van der Waals surface area contributed by atoms with Crippen LogP contribution in [0.15, 0.2) is 12.3 Å². The summed E-state index contributed by atoms with van der Waals surface area (Å²) in [6, 6.07) is 3.99. The van der Waals surface area contributed by atoms with E-state index in [0.29, 0.717) is 11.6 Å². The van der Waals surface area contributed by atoms with Gasteiger partial charge in [0, 0.05) is 11.7 Å². The van der Waals surface area contributed by atoms with Gasteiger partial charge < -0.3 is 9.31 Å². The van der Waals surface area contributed by atoms with Gasteiger partial charge in [-0.3, -0.25) is 0 Å². The minimum absolute atomic E-state index is 0.355. The van der Waals surface area contributed by atoms with Crippen molar-refractivity contribution in [3.05, 3.63) is 23.5 Å². The molecule has 0 N–H and O–H groups in total. The van der Waals surface area contributed by atoms with E-state index in [4.69, 9.17) is 14.6 Å². The lowest BCUT2D eigenvalue weighted by Crippen LogP contribution is -2.41. The van der Waals surface area contributed by atoms with Crippen LogP contribution in [-0.4, -0.2) is 23.3 Å². The zero-order chi connectivity index (χ0) is 14.5. The van der Waals surface area contributed by atoms with Gasteiger partial charge in [0.2, 0.25) is 0 Å². The highest BCUT2D eigenvalue weighted by atomic mass is 16.7. The summed E-state index contributed by atoms with van der Waals surface area (Å²) >= 11 is 0. The summed E-state index contributed by atoms with van der Waals surface area (Å²) in [6.45, 7) is 8.17. The number of hydrogen-bond acceptors (Lipinski definition) is 4. The van der Waals surface area contributed by atoms with Crippen molar-refractivity contribution in [2.75, 3.05) is 0 Å². The van der Waals surface area contributed by atoms with Crippen LogP contribution in [0.5, 0.6) is 0 Å². The molecule has 3 rings (SSSR count). The number of hydrogen-bond donors (Lipinski definition) is 0. The molecular weight excluding hydrogens is 251 g/mol. The quantitative estimate of drug-likeness (QED) is 0.772. The molecule has 4 nitrogen and oxygen atoms in total. The number of pyridine rings is 1. The Balaban J connectivity index is 1.98. The summed E-state index contributed by atoms with van der Waals surface area (Å²) in [5, 5.41) is 9.01. The minimum Gasteiger partial charge on any atom is -0.399 e. The lowest BCUT2D eigenvalue weighted by Gasteiger charge is -2.32. The normalized spacial score (nSPS) is 23.6. The Kier molecular flexibility index (Phi) is 2.93. The summed E-state index contributed by atoms with van der Waals surface area (Å²) in [5.41, 5.74) is 1.89. The van der Waals surface area contributed by atoms with Crippen LogP contribution in [0.3, 0.4) is 0 Å². The fraction of sp³-hybridized carbons (Fsp3) is 0.600. The third-order valence-electron chi connectivity index (χ3n) is 4.61. The van der Waals surface area contributed by atoms with E-state index in [9.17, 15) is 0 Å². The molecule has 1 aromatic rings. The van der Waals surface area contributed by atoms with E-state index in [1.54, 1.807) is 6.20 Å². The fourth-order valence-electron chi connectivity index (χ4n) is 2.46. The van der Waals surface area contributed by atoms with E-state index in [1.165, 1.54) is 12.8 Å². The fourth-order valence-corrected chi connectivity index (χ4v) is 2.46. The largest absolute Gasteiger partial charge is 0.496 e. The van der Waals surface area contributed by atoms with Gasteiger partial charge in [0.1, 0.15) is 11.8 Å². The third kappa shape index (κ3) is 2.13. The maximum absolute atomic E-state index is 9.01. The highest BCUT2D eigenvalue weighted by molar-refractivity contribution is 6.62. The van der Waals surface area contributed by atoms with Crippen LogP contribution in [-0.2, 0) is 9.31 Å². The van der Waals surface area contributed by atoms with Crippen molar-refractivity contribution >= 4 is 12.6 Å². The van der Waals surface area contributed by atoms with Crippen LogP contribution >= 0.6 is 0 Å². The predicted molar refractivity (Wildman–Crippen MR) is 76.6 cm³/mol. The summed E-state index contributed by atoms with van der Waals surface area (Å²) < 4.78 is 12.2. The van der Waals surface area contributed by atoms with Crippen LogP contribution in [0.2, 0.25) is 0 Å². The van der Waals surface area contributed by atoms with Gasteiger partial charge in [-0.15, -0.1) is 0 Å². The first-order chi connectivity index (χ1) is 9.34. The number of nitriles is 1. The molecule has 0 aromatic carbocycles. The van der Waals surface area contributed by atoms with E-state index in [0.717, 1.165) is 11.0 Å². The van der Waals surface area contributed by atoms with Gasteiger partial charge in [0.15, 0.2) is 0 Å². The standard InChI is InChI=1S/C15H19BN2O2/c1-14(2)15(3,4)20-16(19-14)13-9-18-11(8-17)7-12(13)10-5-6-10/h7,9-10H,5-6H2,1-4H3. The van der Waals surface area contributed by atoms with Crippen molar-refractivity contribution < 1.29 is 9.31 Å². The topological polar surface area (TPSA) is 55.1 Å². The molecule has 1 aliphatic carbocycles. The van der Waals surface area contributed by atoms with Crippen molar-refractivity contribution in [1.29, 1.82) is 5.26 Å². The van der Waals surface area contributed by atoms with Crippen molar-refractivity contribution in [2.45, 2.75) is 57.7 Å². The SMILES string of the molecule is CC1(C)OB(c2cnc(C#N)cc2C2CC2)OC1(C)C. The van der Waals surface area contributed by atoms with E-state index in [2.05, 4.69) is 11.1 Å². The van der Waals surface area contributed by atoms with Gasteiger partial charge in [-0.2, -0.15) is 5.26 Å². The van der Waals surface area contributed by atoms with E-state index >= 15 is 0 Å². The number of rotatable bonds is 2. The van der Waals surface area contributed by atoms with E-state index in [1.807, 2.05) is 33.8 Å². The Bertz CT molecular complexity index is 572. The van der Waals surface area contributed by atoms with Crippen molar-refractivity contribution in [2.24, 2.45) is 0 Å². The van der Waals surface area contributed by atoms with Crippen molar-refractivity contribution in [3.8, 4) is 6.07 Å². The molecule has 2 heterocycles. The maximum Gasteiger partial charge on any atom is 0.496 e. The summed E-state index contributed by atoms with van der Waals surface area (Å²) in [4.78, 5) is 4.19. The second-order valence-electron chi connectivity index (χ2n) is 6.67. The lowest BCUT2D eigenvalue weighted by atomic mass is 9.76.